The Morgan fingerprint density at radius 1 is 1.14 bits per heavy atom. The Morgan fingerprint density at radius 3 is 2.57 bits per heavy atom. The number of pyridine rings is 1. The summed E-state index contributed by atoms with van der Waals surface area (Å²) in [5.41, 5.74) is 1.56. The van der Waals surface area contributed by atoms with E-state index in [-0.39, 0.29) is 5.97 Å². The number of methoxy groups -OCH3 is 1. The van der Waals surface area contributed by atoms with E-state index >= 15 is 0 Å². The van der Waals surface area contributed by atoms with Crippen LogP contribution < -0.4 is 4.74 Å². The van der Waals surface area contributed by atoms with Crippen LogP contribution in [0, 0.1) is 0 Å². The quantitative estimate of drug-likeness (QED) is 0.807. The molecule has 0 bridgehead atoms. The molecule has 110 valence electrons. The Balaban J connectivity index is 2.31. The monoisotopic (exact) mass is 285 g/mol. The van der Waals surface area contributed by atoms with Crippen molar-refractivity contribution in [1.29, 1.82) is 0 Å². The van der Waals surface area contributed by atoms with Crippen LogP contribution in [0.1, 0.15) is 31.1 Å². The van der Waals surface area contributed by atoms with Gasteiger partial charge >= 0.3 is 5.97 Å². The highest BCUT2D eigenvalue weighted by Crippen LogP contribution is 2.23. The zero-order valence-corrected chi connectivity index (χ0v) is 12.7. The zero-order chi connectivity index (χ0) is 15.5. The van der Waals surface area contributed by atoms with Crippen LogP contribution in [0.2, 0.25) is 0 Å². The topological polar surface area (TPSA) is 48.4 Å². The molecule has 0 aliphatic carbocycles. The first-order chi connectivity index (χ1) is 9.89. The van der Waals surface area contributed by atoms with Crippen LogP contribution in [-0.4, -0.2) is 23.7 Å². The molecule has 0 aliphatic rings. The van der Waals surface area contributed by atoms with Gasteiger partial charge in [0.15, 0.2) is 0 Å². The van der Waals surface area contributed by atoms with Gasteiger partial charge in [-0.25, -0.2) is 4.79 Å². The standard InChI is InChI=1S/C17H19NO3/c1-17(2,3)21-16(19)13-8-9-18-15(11-13)12-6-5-7-14(10-12)20-4/h5-11H,1-4H3. The number of aromatic nitrogens is 1. The van der Waals surface area contributed by atoms with E-state index in [0.29, 0.717) is 11.3 Å². The summed E-state index contributed by atoms with van der Waals surface area (Å²) in [5, 5.41) is 0. The van der Waals surface area contributed by atoms with Gasteiger partial charge in [-0.2, -0.15) is 0 Å². The molecular formula is C17H19NO3. The van der Waals surface area contributed by atoms with Gasteiger partial charge in [-0.3, -0.25) is 4.98 Å². The molecule has 0 amide bonds. The molecule has 0 aliphatic heterocycles. The molecule has 1 aromatic carbocycles. The van der Waals surface area contributed by atoms with Crippen LogP contribution in [0.5, 0.6) is 5.75 Å². The van der Waals surface area contributed by atoms with Crippen molar-refractivity contribution in [3.8, 4) is 17.0 Å². The third-order valence-electron chi connectivity index (χ3n) is 2.76. The van der Waals surface area contributed by atoms with E-state index in [0.717, 1.165) is 11.3 Å². The van der Waals surface area contributed by atoms with Crippen molar-refractivity contribution in [3.63, 3.8) is 0 Å². The second-order valence-electron chi connectivity index (χ2n) is 5.66. The molecule has 0 saturated heterocycles. The molecule has 0 N–H and O–H groups in total. The number of benzene rings is 1. The maximum atomic E-state index is 12.1. The van der Waals surface area contributed by atoms with Crippen molar-refractivity contribution < 1.29 is 14.3 Å². The molecule has 21 heavy (non-hydrogen) atoms. The Labute approximate surface area is 124 Å². The summed E-state index contributed by atoms with van der Waals surface area (Å²) in [6.07, 6.45) is 1.61. The van der Waals surface area contributed by atoms with Crippen molar-refractivity contribution in [1.82, 2.24) is 4.98 Å². The van der Waals surface area contributed by atoms with Gasteiger partial charge in [0, 0.05) is 11.8 Å². The highest BCUT2D eigenvalue weighted by atomic mass is 16.6. The number of esters is 1. The Bertz CT molecular complexity index is 644. The molecule has 0 radical (unpaired) electrons. The first-order valence-electron chi connectivity index (χ1n) is 6.73. The van der Waals surface area contributed by atoms with E-state index in [9.17, 15) is 4.79 Å². The minimum absolute atomic E-state index is 0.353. The molecule has 2 aromatic rings. The Hall–Kier alpha value is -2.36. The smallest absolute Gasteiger partial charge is 0.338 e. The van der Waals surface area contributed by atoms with Crippen molar-refractivity contribution in [2.24, 2.45) is 0 Å². The summed E-state index contributed by atoms with van der Waals surface area (Å²) in [6.45, 7) is 5.53. The second kappa shape index (κ2) is 5.95. The molecule has 1 heterocycles. The van der Waals surface area contributed by atoms with E-state index in [1.165, 1.54) is 0 Å². The fourth-order valence-electron chi connectivity index (χ4n) is 1.83. The predicted molar refractivity (Wildman–Crippen MR) is 81.4 cm³/mol. The minimum Gasteiger partial charge on any atom is -0.497 e. The molecule has 0 unspecified atom stereocenters. The Morgan fingerprint density at radius 2 is 1.90 bits per heavy atom. The van der Waals surface area contributed by atoms with Gasteiger partial charge in [-0.15, -0.1) is 0 Å². The fraction of sp³-hybridized carbons (Fsp3) is 0.294. The highest BCUT2D eigenvalue weighted by Gasteiger charge is 2.18. The number of nitrogens with zero attached hydrogens (tertiary/aromatic N) is 1. The SMILES string of the molecule is COc1cccc(-c2cc(C(=O)OC(C)(C)C)ccn2)c1. The van der Waals surface area contributed by atoms with Crippen molar-refractivity contribution >= 4 is 5.97 Å². The second-order valence-corrected chi connectivity index (χ2v) is 5.66. The zero-order valence-electron chi connectivity index (χ0n) is 12.7. The van der Waals surface area contributed by atoms with Gasteiger partial charge in [0.2, 0.25) is 0 Å². The third-order valence-corrected chi connectivity index (χ3v) is 2.76. The molecule has 2 rings (SSSR count). The maximum Gasteiger partial charge on any atom is 0.338 e. The summed E-state index contributed by atoms with van der Waals surface area (Å²) in [6, 6.07) is 10.9. The van der Waals surface area contributed by atoms with E-state index in [4.69, 9.17) is 9.47 Å². The predicted octanol–water partition coefficient (Wildman–Crippen LogP) is 3.71. The number of rotatable bonds is 3. The number of hydrogen-bond donors (Lipinski definition) is 0. The highest BCUT2D eigenvalue weighted by molar-refractivity contribution is 5.90. The summed E-state index contributed by atoms with van der Waals surface area (Å²) in [7, 11) is 1.61. The first kappa shape index (κ1) is 15.0. The number of ether oxygens (including phenoxy) is 2. The van der Waals surface area contributed by atoms with Gasteiger partial charge < -0.3 is 9.47 Å². The van der Waals surface area contributed by atoms with Crippen LogP contribution in [0.4, 0.5) is 0 Å². The molecular weight excluding hydrogens is 266 g/mol. The lowest BCUT2D eigenvalue weighted by molar-refractivity contribution is 0.00694. The van der Waals surface area contributed by atoms with Crippen LogP contribution in [0.15, 0.2) is 42.6 Å². The first-order valence-corrected chi connectivity index (χ1v) is 6.73. The molecule has 0 fully saturated rings. The molecule has 0 spiro atoms. The molecule has 0 atom stereocenters. The maximum absolute atomic E-state index is 12.1. The number of carbonyl (C=O) groups excluding carboxylic acids is 1. The molecule has 4 heteroatoms. The van der Waals surface area contributed by atoms with E-state index in [1.807, 2.05) is 45.0 Å². The van der Waals surface area contributed by atoms with Crippen LogP contribution in [0.25, 0.3) is 11.3 Å². The fourth-order valence-corrected chi connectivity index (χ4v) is 1.83. The average Bonchev–Trinajstić information content (AvgIpc) is 2.46. The largest absolute Gasteiger partial charge is 0.497 e. The van der Waals surface area contributed by atoms with Crippen molar-refractivity contribution in [2.75, 3.05) is 7.11 Å². The van der Waals surface area contributed by atoms with E-state index in [1.54, 1.807) is 25.4 Å². The van der Waals surface area contributed by atoms with Crippen molar-refractivity contribution in [3.05, 3.63) is 48.2 Å². The molecule has 0 saturated carbocycles. The van der Waals surface area contributed by atoms with Gasteiger partial charge in [0.05, 0.1) is 18.4 Å². The van der Waals surface area contributed by atoms with E-state index in [2.05, 4.69) is 4.98 Å². The van der Waals surface area contributed by atoms with Gasteiger partial charge in [0.1, 0.15) is 11.4 Å². The van der Waals surface area contributed by atoms with Crippen LogP contribution in [0.3, 0.4) is 0 Å². The van der Waals surface area contributed by atoms with Gasteiger partial charge in [0.25, 0.3) is 0 Å². The van der Waals surface area contributed by atoms with Gasteiger partial charge in [-0.1, -0.05) is 12.1 Å². The molecule has 1 aromatic heterocycles. The lowest BCUT2D eigenvalue weighted by Gasteiger charge is -2.19. The van der Waals surface area contributed by atoms with Crippen LogP contribution in [-0.2, 0) is 4.74 Å². The molecule has 4 nitrogen and oxygen atoms in total. The van der Waals surface area contributed by atoms with E-state index < -0.39 is 5.60 Å². The minimum atomic E-state index is -0.517. The normalized spacial score (nSPS) is 11.0. The number of carbonyl (C=O) groups is 1. The Kier molecular flexibility index (Phi) is 4.26. The average molecular weight is 285 g/mol. The summed E-state index contributed by atoms with van der Waals surface area (Å²) < 4.78 is 10.6. The summed E-state index contributed by atoms with van der Waals surface area (Å²) >= 11 is 0. The van der Waals surface area contributed by atoms with Gasteiger partial charge in [-0.05, 0) is 45.0 Å². The van der Waals surface area contributed by atoms with Crippen molar-refractivity contribution in [2.45, 2.75) is 26.4 Å². The lowest BCUT2D eigenvalue weighted by atomic mass is 10.1. The third kappa shape index (κ3) is 4.05. The lowest BCUT2D eigenvalue weighted by Crippen LogP contribution is -2.23. The van der Waals surface area contributed by atoms with Crippen LogP contribution >= 0.6 is 0 Å². The summed E-state index contributed by atoms with van der Waals surface area (Å²) in [4.78, 5) is 16.4. The summed E-state index contributed by atoms with van der Waals surface area (Å²) in [5.74, 6) is 0.394. The number of hydrogen-bond acceptors (Lipinski definition) is 4.